The third-order valence-corrected chi connectivity index (χ3v) is 3.64. The Kier molecular flexibility index (Phi) is 3.85. The number of benzene rings is 3. The number of amides is 2. The first-order valence-corrected chi connectivity index (χ1v) is 7.12. The lowest BCUT2D eigenvalue weighted by Crippen LogP contribution is -2.19. The number of urea groups is 1. The third kappa shape index (κ3) is 2.97. The second-order valence-corrected chi connectivity index (χ2v) is 5.25. The van der Waals surface area contributed by atoms with Gasteiger partial charge >= 0.3 is 6.03 Å². The Morgan fingerprint density at radius 2 is 1.73 bits per heavy atom. The van der Waals surface area contributed by atoms with Crippen LogP contribution < -0.4 is 16.4 Å². The van der Waals surface area contributed by atoms with Crippen LogP contribution in [0.2, 0.25) is 5.02 Å². The number of rotatable bonds is 2. The summed E-state index contributed by atoms with van der Waals surface area (Å²) in [5.41, 5.74) is 7.47. The van der Waals surface area contributed by atoms with E-state index in [0.717, 1.165) is 16.5 Å². The summed E-state index contributed by atoms with van der Waals surface area (Å²) in [7, 11) is 0. The van der Waals surface area contributed by atoms with Crippen LogP contribution >= 0.6 is 11.6 Å². The van der Waals surface area contributed by atoms with Crippen LogP contribution in [0.3, 0.4) is 0 Å². The molecule has 0 spiro atoms. The van der Waals surface area contributed by atoms with Gasteiger partial charge < -0.3 is 16.4 Å². The SMILES string of the molecule is Nc1cc(NC(=O)Nc2cccc3ccccc23)ccc1Cl. The van der Waals surface area contributed by atoms with Crippen LogP contribution in [0.25, 0.3) is 10.8 Å². The van der Waals surface area contributed by atoms with Crippen molar-refractivity contribution in [2.24, 2.45) is 0 Å². The van der Waals surface area contributed by atoms with Gasteiger partial charge in [-0.25, -0.2) is 4.79 Å². The maximum atomic E-state index is 12.1. The molecular weight excluding hydrogens is 298 g/mol. The highest BCUT2D eigenvalue weighted by Crippen LogP contribution is 2.24. The summed E-state index contributed by atoms with van der Waals surface area (Å²) >= 11 is 5.86. The highest BCUT2D eigenvalue weighted by molar-refractivity contribution is 6.33. The fraction of sp³-hybridized carbons (Fsp3) is 0. The van der Waals surface area contributed by atoms with E-state index in [-0.39, 0.29) is 6.03 Å². The molecule has 0 aliphatic heterocycles. The first-order valence-electron chi connectivity index (χ1n) is 6.74. The van der Waals surface area contributed by atoms with E-state index in [1.54, 1.807) is 18.2 Å². The van der Waals surface area contributed by atoms with Crippen molar-refractivity contribution in [3.8, 4) is 0 Å². The molecule has 4 N–H and O–H groups in total. The van der Waals surface area contributed by atoms with Gasteiger partial charge in [-0.05, 0) is 29.7 Å². The fourth-order valence-electron chi connectivity index (χ4n) is 2.24. The third-order valence-electron chi connectivity index (χ3n) is 3.29. The molecule has 3 rings (SSSR count). The van der Waals surface area contributed by atoms with Gasteiger partial charge in [0.15, 0.2) is 0 Å². The van der Waals surface area contributed by atoms with Gasteiger partial charge in [-0.1, -0.05) is 48.0 Å². The molecule has 0 atom stereocenters. The van der Waals surface area contributed by atoms with E-state index in [0.29, 0.717) is 16.4 Å². The molecule has 0 radical (unpaired) electrons. The van der Waals surface area contributed by atoms with Crippen LogP contribution in [0.15, 0.2) is 60.7 Å². The van der Waals surface area contributed by atoms with Gasteiger partial charge in [0.05, 0.1) is 16.4 Å². The van der Waals surface area contributed by atoms with Crippen LogP contribution in [-0.2, 0) is 0 Å². The monoisotopic (exact) mass is 311 g/mol. The summed E-state index contributed by atoms with van der Waals surface area (Å²) in [6, 6.07) is 18.2. The van der Waals surface area contributed by atoms with Crippen molar-refractivity contribution < 1.29 is 4.79 Å². The van der Waals surface area contributed by atoms with Gasteiger partial charge in [-0.3, -0.25) is 0 Å². The second-order valence-electron chi connectivity index (χ2n) is 4.84. The van der Waals surface area contributed by atoms with E-state index in [4.69, 9.17) is 17.3 Å². The zero-order valence-electron chi connectivity index (χ0n) is 11.6. The van der Waals surface area contributed by atoms with E-state index < -0.39 is 0 Å². The van der Waals surface area contributed by atoms with Crippen molar-refractivity contribution in [3.63, 3.8) is 0 Å². The number of hydrogen-bond acceptors (Lipinski definition) is 2. The molecular formula is C17H14ClN3O. The van der Waals surface area contributed by atoms with E-state index in [2.05, 4.69) is 10.6 Å². The van der Waals surface area contributed by atoms with Crippen LogP contribution in [0.4, 0.5) is 21.9 Å². The standard InChI is InChI=1S/C17H14ClN3O/c18-14-9-8-12(10-15(14)19)20-17(22)21-16-7-3-5-11-4-1-2-6-13(11)16/h1-10H,19H2,(H2,20,21,22). The Hall–Kier alpha value is -2.72. The molecule has 4 nitrogen and oxygen atoms in total. The summed E-state index contributed by atoms with van der Waals surface area (Å²) in [6.07, 6.45) is 0. The lowest BCUT2D eigenvalue weighted by Gasteiger charge is -2.10. The molecule has 0 aliphatic carbocycles. The summed E-state index contributed by atoms with van der Waals surface area (Å²) in [6.45, 7) is 0. The molecule has 5 heteroatoms. The van der Waals surface area contributed by atoms with Crippen molar-refractivity contribution in [1.29, 1.82) is 0 Å². The molecule has 2 amide bonds. The first kappa shape index (κ1) is 14.2. The number of nitrogen functional groups attached to an aromatic ring is 1. The Morgan fingerprint density at radius 3 is 2.55 bits per heavy atom. The minimum absolute atomic E-state index is 0.335. The summed E-state index contributed by atoms with van der Waals surface area (Å²) < 4.78 is 0. The number of nitrogens with two attached hydrogens (primary N) is 1. The van der Waals surface area contributed by atoms with E-state index >= 15 is 0 Å². The minimum Gasteiger partial charge on any atom is -0.397 e. The van der Waals surface area contributed by atoms with Crippen molar-refractivity contribution in [2.75, 3.05) is 16.4 Å². The Labute approximate surface area is 132 Å². The molecule has 0 aliphatic rings. The molecule has 110 valence electrons. The molecule has 0 unspecified atom stereocenters. The first-order chi connectivity index (χ1) is 10.6. The fourth-order valence-corrected chi connectivity index (χ4v) is 2.36. The molecule has 3 aromatic carbocycles. The van der Waals surface area contributed by atoms with Gasteiger partial charge in [0.1, 0.15) is 0 Å². The average molecular weight is 312 g/mol. The minimum atomic E-state index is -0.335. The molecule has 0 heterocycles. The summed E-state index contributed by atoms with van der Waals surface area (Å²) in [5.74, 6) is 0. The van der Waals surface area contributed by atoms with Crippen molar-refractivity contribution in [2.45, 2.75) is 0 Å². The van der Waals surface area contributed by atoms with Crippen LogP contribution in [0.1, 0.15) is 0 Å². The maximum Gasteiger partial charge on any atom is 0.323 e. The van der Waals surface area contributed by atoms with Gasteiger partial charge in [-0.2, -0.15) is 0 Å². The quantitative estimate of drug-likeness (QED) is 0.599. The zero-order valence-corrected chi connectivity index (χ0v) is 12.4. The predicted octanol–water partition coefficient (Wildman–Crippen LogP) is 4.72. The molecule has 0 saturated carbocycles. The normalized spacial score (nSPS) is 10.4. The summed E-state index contributed by atoms with van der Waals surface area (Å²) in [5, 5.41) is 8.08. The van der Waals surface area contributed by atoms with Crippen LogP contribution in [0.5, 0.6) is 0 Å². The van der Waals surface area contributed by atoms with Crippen molar-refractivity contribution in [3.05, 3.63) is 65.7 Å². The lowest BCUT2D eigenvalue weighted by atomic mass is 10.1. The largest absolute Gasteiger partial charge is 0.397 e. The number of hydrogen-bond donors (Lipinski definition) is 3. The number of halogens is 1. The van der Waals surface area contributed by atoms with Gasteiger partial charge in [0, 0.05) is 11.1 Å². The molecule has 0 fully saturated rings. The molecule has 3 aromatic rings. The Morgan fingerprint density at radius 1 is 0.955 bits per heavy atom. The van der Waals surface area contributed by atoms with Crippen molar-refractivity contribution >= 4 is 45.5 Å². The summed E-state index contributed by atoms with van der Waals surface area (Å²) in [4.78, 5) is 12.1. The average Bonchev–Trinajstić information content (AvgIpc) is 2.51. The Balaban J connectivity index is 1.80. The lowest BCUT2D eigenvalue weighted by molar-refractivity contribution is 0.262. The van der Waals surface area contributed by atoms with E-state index in [9.17, 15) is 4.79 Å². The van der Waals surface area contributed by atoms with Crippen molar-refractivity contribution in [1.82, 2.24) is 0 Å². The number of carbonyl (C=O) groups is 1. The number of carbonyl (C=O) groups excluding carboxylic acids is 1. The van der Waals surface area contributed by atoms with E-state index in [1.165, 1.54) is 0 Å². The molecule has 0 saturated heterocycles. The molecule has 0 bridgehead atoms. The highest BCUT2D eigenvalue weighted by Gasteiger charge is 2.06. The molecule has 0 aromatic heterocycles. The maximum absolute atomic E-state index is 12.1. The Bertz CT molecular complexity index is 843. The van der Waals surface area contributed by atoms with Gasteiger partial charge in [-0.15, -0.1) is 0 Å². The number of anilines is 3. The number of nitrogens with one attached hydrogen (secondary N) is 2. The predicted molar refractivity (Wildman–Crippen MR) is 92.5 cm³/mol. The smallest absolute Gasteiger partial charge is 0.323 e. The van der Waals surface area contributed by atoms with Gasteiger partial charge in [0.25, 0.3) is 0 Å². The second kappa shape index (κ2) is 5.95. The number of fused-ring (bicyclic) bond motifs is 1. The highest BCUT2D eigenvalue weighted by atomic mass is 35.5. The van der Waals surface area contributed by atoms with Crippen LogP contribution in [-0.4, -0.2) is 6.03 Å². The van der Waals surface area contributed by atoms with E-state index in [1.807, 2.05) is 42.5 Å². The van der Waals surface area contributed by atoms with Crippen LogP contribution in [0, 0.1) is 0 Å². The zero-order chi connectivity index (χ0) is 15.5. The van der Waals surface area contributed by atoms with Gasteiger partial charge in [0.2, 0.25) is 0 Å². The molecule has 22 heavy (non-hydrogen) atoms. The topological polar surface area (TPSA) is 67.1 Å².